The quantitative estimate of drug-likeness (QED) is 0.562. The Labute approximate surface area is 151 Å². The maximum absolute atomic E-state index is 12.7. The molecule has 1 rings (SSSR count). The number of ketones is 1. The minimum absolute atomic E-state index is 0.183. The van der Waals surface area contributed by atoms with E-state index in [4.69, 9.17) is 9.47 Å². The lowest BCUT2D eigenvalue weighted by Gasteiger charge is -2.26. The van der Waals surface area contributed by atoms with E-state index in [0.29, 0.717) is 11.3 Å². The van der Waals surface area contributed by atoms with Crippen LogP contribution in [0.4, 0.5) is 0 Å². The summed E-state index contributed by atoms with van der Waals surface area (Å²) >= 11 is 0. The van der Waals surface area contributed by atoms with Crippen molar-refractivity contribution in [2.45, 2.75) is 45.4 Å². The van der Waals surface area contributed by atoms with Gasteiger partial charge in [0.1, 0.15) is 11.8 Å². The Morgan fingerprint density at radius 3 is 2.20 bits per heavy atom. The first-order chi connectivity index (χ1) is 11.6. The Balaban J connectivity index is 3.04. The van der Waals surface area contributed by atoms with Crippen LogP contribution in [-0.2, 0) is 20.5 Å². The van der Waals surface area contributed by atoms with E-state index in [2.05, 4.69) is 4.72 Å². The molecule has 0 bridgehead atoms. The van der Waals surface area contributed by atoms with Gasteiger partial charge in [-0.15, -0.1) is 0 Å². The lowest BCUT2D eigenvalue weighted by molar-refractivity contribution is -0.146. The number of ether oxygens (including phenoxy) is 2. The molecule has 0 spiro atoms. The molecule has 1 aromatic carbocycles. The van der Waals surface area contributed by atoms with Crippen LogP contribution in [0.5, 0.6) is 5.75 Å². The van der Waals surface area contributed by atoms with Gasteiger partial charge in [-0.3, -0.25) is 9.59 Å². The highest BCUT2D eigenvalue weighted by atomic mass is 32.2. The van der Waals surface area contributed by atoms with Gasteiger partial charge in [-0.1, -0.05) is 6.92 Å². The Bertz CT molecular complexity index is 621. The number of rotatable bonds is 8. The predicted molar refractivity (Wildman–Crippen MR) is 97.9 cm³/mol. The molecule has 140 valence electrons. The molecule has 1 N–H and O–H groups in total. The first-order valence-electron chi connectivity index (χ1n) is 8.14. The summed E-state index contributed by atoms with van der Waals surface area (Å²) < 4.78 is 24.7. The van der Waals surface area contributed by atoms with Gasteiger partial charge in [0.05, 0.1) is 29.4 Å². The van der Waals surface area contributed by atoms with E-state index in [1.807, 2.05) is 0 Å². The van der Waals surface area contributed by atoms with Gasteiger partial charge in [-0.05, 0) is 52.0 Å². The minimum atomic E-state index is -1.51. The molecule has 0 radical (unpaired) electrons. The number of nitrogens with one attached hydrogen (secondary N) is 1. The van der Waals surface area contributed by atoms with E-state index in [1.54, 1.807) is 66.0 Å². The van der Waals surface area contributed by atoms with Gasteiger partial charge in [-0.25, -0.2) is 8.93 Å². The zero-order valence-corrected chi connectivity index (χ0v) is 16.4. The number of hydrogen-bond donors (Lipinski definition) is 1. The van der Waals surface area contributed by atoms with Crippen molar-refractivity contribution >= 4 is 22.7 Å². The lowest BCUT2D eigenvalue weighted by Crippen LogP contribution is -2.49. The second-order valence-corrected chi connectivity index (χ2v) is 8.61. The zero-order valence-electron chi connectivity index (χ0n) is 15.6. The highest BCUT2D eigenvalue weighted by Gasteiger charge is 2.35. The van der Waals surface area contributed by atoms with E-state index < -0.39 is 33.7 Å². The van der Waals surface area contributed by atoms with Crippen molar-refractivity contribution in [3.05, 3.63) is 29.8 Å². The van der Waals surface area contributed by atoms with Crippen LogP contribution >= 0.6 is 0 Å². The van der Waals surface area contributed by atoms with Crippen LogP contribution in [0, 0.1) is 5.92 Å². The molecule has 0 saturated heterocycles. The summed E-state index contributed by atoms with van der Waals surface area (Å²) in [6, 6.07) is 5.65. The number of carbonyl (C=O) groups excluding carboxylic acids is 2. The minimum Gasteiger partial charge on any atom is -0.497 e. The molecule has 0 fully saturated rings. The number of Topliss-reactive ketones (excluding diaryl/α,β-unsaturated/α-hetero) is 1. The standard InChI is InChI=1S/C18H27NO5S/c1-7-24-17(21)15(19-25(22)18(3,4)5)12(2)16(20)13-8-10-14(23-6)11-9-13/h8-12,15,19H,7H2,1-6H3/t12-,15-,25+/m1/s1. The van der Waals surface area contributed by atoms with E-state index in [-0.39, 0.29) is 12.4 Å². The summed E-state index contributed by atoms with van der Waals surface area (Å²) in [7, 11) is 0.0304. The summed E-state index contributed by atoms with van der Waals surface area (Å²) in [6.07, 6.45) is 0. The summed E-state index contributed by atoms with van der Waals surface area (Å²) in [5.41, 5.74) is 0.450. The van der Waals surface area contributed by atoms with Crippen LogP contribution < -0.4 is 9.46 Å². The van der Waals surface area contributed by atoms with Crippen LogP contribution in [0.2, 0.25) is 0 Å². The molecule has 25 heavy (non-hydrogen) atoms. The Kier molecular flexibility index (Phi) is 7.76. The molecule has 0 aliphatic rings. The maximum Gasteiger partial charge on any atom is 0.324 e. The fourth-order valence-corrected chi connectivity index (χ4v) is 2.93. The Morgan fingerprint density at radius 1 is 1.20 bits per heavy atom. The second kappa shape index (κ2) is 9.10. The smallest absolute Gasteiger partial charge is 0.324 e. The summed E-state index contributed by atoms with van der Waals surface area (Å²) in [5, 5.41) is 0. The third kappa shape index (κ3) is 5.93. The molecule has 0 amide bonds. The van der Waals surface area contributed by atoms with E-state index in [0.717, 1.165) is 0 Å². The van der Waals surface area contributed by atoms with E-state index in [1.165, 1.54) is 0 Å². The number of carbonyl (C=O) groups is 2. The fourth-order valence-electron chi connectivity index (χ4n) is 2.05. The van der Waals surface area contributed by atoms with Crippen molar-refractivity contribution in [3.8, 4) is 5.75 Å². The van der Waals surface area contributed by atoms with Gasteiger partial charge < -0.3 is 9.47 Å². The normalized spacial score (nSPS) is 15.1. The molecule has 0 aromatic heterocycles. The van der Waals surface area contributed by atoms with Gasteiger partial charge in [0.25, 0.3) is 0 Å². The second-order valence-electron chi connectivity index (χ2n) is 6.61. The monoisotopic (exact) mass is 369 g/mol. The maximum atomic E-state index is 12.7. The van der Waals surface area contributed by atoms with E-state index >= 15 is 0 Å². The van der Waals surface area contributed by atoms with Crippen molar-refractivity contribution in [2.75, 3.05) is 13.7 Å². The summed E-state index contributed by atoms with van der Waals surface area (Å²) in [6.45, 7) is 8.85. The Hall–Kier alpha value is -1.73. The van der Waals surface area contributed by atoms with Gasteiger partial charge >= 0.3 is 5.97 Å². The molecule has 0 unspecified atom stereocenters. The third-order valence-corrected chi connectivity index (χ3v) is 5.20. The average Bonchev–Trinajstić information content (AvgIpc) is 2.57. The van der Waals surface area contributed by atoms with Gasteiger partial charge in [0.2, 0.25) is 0 Å². The van der Waals surface area contributed by atoms with Crippen molar-refractivity contribution in [1.29, 1.82) is 0 Å². The highest BCUT2D eigenvalue weighted by molar-refractivity contribution is 7.84. The van der Waals surface area contributed by atoms with Crippen molar-refractivity contribution in [2.24, 2.45) is 5.92 Å². The number of methoxy groups -OCH3 is 1. The number of esters is 1. The van der Waals surface area contributed by atoms with Gasteiger partial charge in [0.15, 0.2) is 5.78 Å². The first kappa shape index (κ1) is 21.3. The van der Waals surface area contributed by atoms with Crippen LogP contribution in [0.1, 0.15) is 45.0 Å². The number of benzene rings is 1. The summed E-state index contributed by atoms with van der Waals surface area (Å²) in [5.74, 6) is -0.926. The Morgan fingerprint density at radius 2 is 1.76 bits per heavy atom. The van der Waals surface area contributed by atoms with Crippen molar-refractivity contribution < 1.29 is 23.3 Å². The van der Waals surface area contributed by atoms with Gasteiger partial charge in [0, 0.05) is 11.5 Å². The van der Waals surface area contributed by atoms with Crippen molar-refractivity contribution in [1.82, 2.24) is 4.72 Å². The van der Waals surface area contributed by atoms with Crippen LogP contribution in [0.25, 0.3) is 0 Å². The van der Waals surface area contributed by atoms with Gasteiger partial charge in [-0.2, -0.15) is 0 Å². The molecule has 0 saturated carbocycles. The number of hydrogen-bond acceptors (Lipinski definition) is 5. The topological polar surface area (TPSA) is 81.7 Å². The molecule has 0 aliphatic carbocycles. The third-order valence-electron chi connectivity index (χ3n) is 3.62. The molecule has 0 heterocycles. The largest absolute Gasteiger partial charge is 0.497 e. The predicted octanol–water partition coefficient (Wildman–Crippen LogP) is 2.50. The molecule has 1 aromatic rings. The van der Waals surface area contributed by atoms with Crippen LogP contribution in [0.3, 0.4) is 0 Å². The summed E-state index contributed by atoms with van der Waals surface area (Å²) in [4.78, 5) is 25.0. The SMILES string of the molecule is CCOC(=O)[C@H](N[S@@](=O)C(C)(C)C)[C@@H](C)C(=O)c1ccc(OC)cc1. The molecule has 6 nitrogen and oxygen atoms in total. The zero-order chi connectivity index (χ0) is 19.2. The molecular formula is C18H27NO5S. The lowest BCUT2D eigenvalue weighted by atomic mass is 9.93. The molecule has 0 aliphatic heterocycles. The van der Waals surface area contributed by atoms with Crippen LogP contribution in [-0.4, -0.2) is 40.5 Å². The molecule has 3 atom stereocenters. The first-order valence-corrected chi connectivity index (χ1v) is 9.29. The molecule has 7 heteroatoms. The van der Waals surface area contributed by atoms with E-state index in [9.17, 15) is 13.8 Å². The average molecular weight is 369 g/mol. The molecular weight excluding hydrogens is 342 g/mol. The fraction of sp³-hybridized carbons (Fsp3) is 0.556. The van der Waals surface area contributed by atoms with Crippen molar-refractivity contribution in [3.63, 3.8) is 0 Å². The van der Waals surface area contributed by atoms with Crippen LogP contribution in [0.15, 0.2) is 24.3 Å². The highest BCUT2D eigenvalue weighted by Crippen LogP contribution is 2.19.